The Kier molecular flexibility index (Phi) is 2.88. The van der Waals surface area contributed by atoms with E-state index in [1.165, 1.54) is 18.2 Å². The summed E-state index contributed by atoms with van der Waals surface area (Å²) in [5.74, 6) is -0.688. The Balaban J connectivity index is 3.03. The summed E-state index contributed by atoms with van der Waals surface area (Å²) in [6.07, 6.45) is 0. The molecule has 1 radical (unpaired) electrons. The SMILES string of the molecule is C[C](C(N)=O)c1ccc(F)c(Cl)c1. The van der Waals surface area contributed by atoms with Gasteiger partial charge in [-0.05, 0) is 24.6 Å². The highest BCUT2D eigenvalue weighted by Crippen LogP contribution is 2.21. The Morgan fingerprint density at radius 1 is 1.54 bits per heavy atom. The van der Waals surface area contributed by atoms with Crippen LogP contribution >= 0.6 is 11.6 Å². The van der Waals surface area contributed by atoms with Crippen LogP contribution in [0.15, 0.2) is 18.2 Å². The molecule has 13 heavy (non-hydrogen) atoms. The molecule has 2 N–H and O–H groups in total. The fraction of sp³-hybridized carbons (Fsp3) is 0.111. The summed E-state index contributed by atoms with van der Waals surface area (Å²) in [6.45, 7) is 1.56. The number of amides is 1. The topological polar surface area (TPSA) is 43.1 Å². The highest BCUT2D eigenvalue weighted by Gasteiger charge is 2.13. The third-order valence-electron chi connectivity index (χ3n) is 1.72. The third kappa shape index (κ3) is 2.18. The van der Waals surface area contributed by atoms with Gasteiger partial charge in [0.05, 0.1) is 10.9 Å². The maximum atomic E-state index is 12.7. The largest absolute Gasteiger partial charge is 0.369 e. The second-order valence-electron chi connectivity index (χ2n) is 2.62. The van der Waals surface area contributed by atoms with Crippen molar-refractivity contribution in [1.82, 2.24) is 0 Å². The minimum atomic E-state index is -0.539. The molecule has 1 amide bonds. The minimum absolute atomic E-state index is 0.0156. The number of nitrogens with two attached hydrogens (primary N) is 1. The second-order valence-corrected chi connectivity index (χ2v) is 3.03. The van der Waals surface area contributed by atoms with Crippen LogP contribution in [0.2, 0.25) is 5.02 Å². The van der Waals surface area contributed by atoms with Crippen LogP contribution in [0.5, 0.6) is 0 Å². The Hall–Kier alpha value is -1.09. The van der Waals surface area contributed by atoms with Crippen LogP contribution in [0.4, 0.5) is 4.39 Å². The molecule has 0 heterocycles. The molecule has 0 atom stereocenters. The zero-order valence-corrected chi connectivity index (χ0v) is 7.73. The van der Waals surface area contributed by atoms with Crippen LogP contribution in [-0.4, -0.2) is 5.91 Å². The monoisotopic (exact) mass is 200 g/mol. The van der Waals surface area contributed by atoms with Crippen LogP contribution in [0.1, 0.15) is 12.5 Å². The lowest BCUT2D eigenvalue weighted by Gasteiger charge is -2.06. The van der Waals surface area contributed by atoms with E-state index in [1.54, 1.807) is 6.92 Å². The van der Waals surface area contributed by atoms with Crippen LogP contribution in [0.3, 0.4) is 0 Å². The minimum Gasteiger partial charge on any atom is -0.369 e. The molecule has 0 fully saturated rings. The van der Waals surface area contributed by atoms with Gasteiger partial charge in [0.25, 0.3) is 0 Å². The van der Waals surface area contributed by atoms with Gasteiger partial charge in [0, 0.05) is 0 Å². The van der Waals surface area contributed by atoms with E-state index in [9.17, 15) is 9.18 Å². The average Bonchev–Trinajstić information content (AvgIpc) is 2.08. The number of carbonyl (C=O) groups is 1. The maximum absolute atomic E-state index is 12.7. The van der Waals surface area contributed by atoms with Crippen molar-refractivity contribution < 1.29 is 9.18 Å². The van der Waals surface area contributed by atoms with Gasteiger partial charge in [0.1, 0.15) is 5.82 Å². The normalized spacial score (nSPS) is 10.5. The second kappa shape index (κ2) is 3.75. The summed E-state index contributed by atoms with van der Waals surface area (Å²) in [6, 6.07) is 4.03. The molecule has 0 aliphatic heterocycles. The average molecular weight is 201 g/mol. The molecule has 4 heteroatoms. The molecule has 0 unspecified atom stereocenters. The lowest BCUT2D eigenvalue weighted by atomic mass is 10.0. The molecule has 1 aromatic carbocycles. The number of benzene rings is 1. The molecule has 2 nitrogen and oxygen atoms in total. The lowest BCUT2D eigenvalue weighted by molar-refractivity contribution is -0.115. The van der Waals surface area contributed by atoms with E-state index in [-0.39, 0.29) is 5.02 Å². The fourth-order valence-electron chi connectivity index (χ4n) is 0.872. The van der Waals surface area contributed by atoms with Gasteiger partial charge in [-0.3, -0.25) is 4.79 Å². The number of halogens is 2. The summed E-state index contributed by atoms with van der Waals surface area (Å²) < 4.78 is 12.7. The van der Waals surface area contributed by atoms with Crippen molar-refractivity contribution in [3.63, 3.8) is 0 Å². The van der Waals surface area contributed by atoms with Crippen molar-refractivity contribution in [2.75, 3.05) is 0 Å². The molecule has 69 valence electrons. The number of rotatable bonds is 2. The number of carbonyl (C=O) groups excluding carboxylic acids is 1. The van der Waals surface area contributed by atoms with Crippen molar-refractivity contribution in [3.05, 3.63) is 40.5 Å². The van der Waals surface area contributed by atoms with Crippen LogP contribution in [0.25, 0.3) is 0 Å². The first-order chi connectivity index (χ1) is 6.02. The molecule has 0 aromatic heterocycles. The van der Waals surface area contributed by atoms with Gasteiger partial charge < -0.3 is 5.73 Å². The highest BCUT2D eigenvalue weighted by atomic mass is 35.5. The Labute approximate surface area is 80.5 Å². The smallest absolute Gasteiger partial charge is 0.229 e. The van der Waals surface area contributed by atoms with Crippen molar-refractivity contribution in [2.45, 2.75) is 6.92 Å². The van der Waals surface area contributed by atoms with E-state index in [2.05, 4.69) is 0 Å². The molecular weight excluding hydrogens is 193 g/mol. The van der Waals surface area contributed by atoms with Crippen LogP contribution < -0.4 is 5.73 Å². The molecule has 0 bridgehead atoms. The number of primary amides is 1. The quantitative estimate of drug-likeness (QED) is 0.779. The van der Waals surface area contributed by atoms with Crippen molar-refractivity contribution in [2.24, 2.45) is 5.73 Å². The van der Waals surface area contributed by atoms with E-state index < -0.39 is 11.7 Å². The summed E-state index contributed by atoms with van der Waals surface area (Å²) in [5, 5.41) is -0.0156. The summed E-state index contributed by atoms with van der Waals surface area (Å²) >= 11 is 5.52. The van der Waals surface area contributed by atoms with Gasteiger partial charge in [-0.15, -0.1) is 0 Å². The Morgan fingerprint density at radius 2 is 2.15 bits per heavy atom. The van der Waals surface area contributed by atoms with E-state index in [4.69, 9.17) is 17.3 Å². The van der Waals surface area contributed by atoms with Gasteiger partial charge in [0.2, 0.25) is 5.91 Å². The Morgan fingerprint density at radius 3 is 2.62 bits per heavy atom. The molecular formula is C9H8ClFNO. The van der Waals surface area contributed by atoms with E-state index >= 15 is 0 Å². The third-order valence-corrected chi connectivity index (χ3v) is 2.01. The number of hydrogen-bond acceptors (Lipinski definition) is 1. The van der Waals surface area contributed by atoms with Crippen molar-refractivity contribution >= 4 is 17.5 Å². The predicted octanol–water partition coefficient (Wildman–Crippen LogP) is 1.91. The molecule has 0 saturated carbocycles. The summed E-state index contributed by atoms with van der Waals surface area (Å²) in [5.41, 5.74) is 5.58. The van der Waals surface area contributed by atoms with E-state index in [1.807, 2.05) is 0 Å². The van der Waals surface area contributed by atoms with Crippen molar-refractivity contribution in [1.29, 1.82) is 0 Å². The summed E-state index contributed by atoms with van der Waals surface area (Å²) in [4.78, 5) is 10.7. The number of hydrogen-bond donors (Lipinski definition) is 1. The first-order valence-corrected chi connectivity index (χ1v) is 3.99. The lowest BCUT2D eigenvalue weighted by Crippen LogP contribution is -2.19. The molecule has 1 aromatic rings. The highest BCUT2D eigenvalue weighted by molar-refractivity contribution is 6.30. The van der Waals surface area contributed by atoms with Crippen LogP contribution in [0, 0.1) is 11.7 Å². The van der Waals surface area contributed by atoms with Crippen LogP contribution in [-0.2, 0) is 4.79 Å². The van der Waals surface area contributed by atoms with Crippen molar-refractivity contribution in [3.8, 4) is 0 Å². The molecule has 0 saturated heterocycles. The first-order valence-electron chi connectivity index (χ1n) is 3.61. The first kappa shape index (κ1) is 9.99. The Bertz CT molecular complexity index is 340. The van der Waals surface area contributed by atoms with E-state index in [0.29, 0.717) is 11.5 Å². The van der Waals surface area contributed by atoms with Gasteiger partial charge in [-0.1, -0.05) is 17.7 Å². The molecule has 1 rings (SSSR count). The fourth-order valence-corrected chi connectivity index (χ4v) is 1.05. The molecule has 0 spiro atoms. The standard InChI is InChI=1S/C9H8ClFNO/c1-5(9(12)13)6-2-3-8(11)7(10)4-6/h2-4H,1H3,(H2,12,13). The van der Waals surface area contributed by atoms with E-state index in [0.717, 1.165) is 0 Å². The van der Waals surface area contributed by atoms with Gasteiger partial charge >= 0.3 is 0 Å². The van der Waals surface area contributed by atoms with Gasteiger partial charge in [-0.2, -0.15) is 0 Å². The predicted molar refractivity (Wildman–Crippen MR) is 48.6 cm³/mol. The molecule has 0 aliphatic carbocycles. The summed E-state index contributed by atoms with van der Waals surface area (Å²) in [7, 11) is 0. The zero-order chi connectivity index (χ0) is 10.0. The molecule has 0 aliphatic rings. The zero-order valence-electron chi connectivity index (χ0n) is 6.97. The van der Waals surface area contributed by atoms with Gasteiger partial charge in [-0.25, -0.2) is 4.39 Å². The van der Waals surface area contributed by atoms with Gasteiger partial charge in [0.15, 0.2) is 0 Å². The maximum Gasteiger partial charge on any atom is 0.229 e.